The van der Waals surface area contributed by atoms with Crippen LogP contribution in [0.4, 0.5) is 17.2 Å². The first kappa shape index (κ1) is 22.7. The van der Waals surface area contributed by atoms with Gasteiger partial charge in [0.05, 0.1) is 23.3 Å². The SMILES string of the molecule is Cc1cc(Nc2cc(NC(CC(C)C)C(N)=O)cnc2C(N)=O)nc(-c2ccncc2)c1. The second kappa shape index (κ2) is 9.86. The Morgan fingerprint density at radius 3 is 2.44 bits per heavy atom. The summed E-state index contributed by atoms with van der Waals surface area (Å²) in [5, 5.41) is 6.24. The maximum absolute atomic E-state index is 12.0. The fourth-order valence-electron chi connectivity index (χ4n) is 3.29. The molecule has 6 N–H and O–H groups in total. The summed E-state index contributed by atoms with van der Waals surface area (Å²) < 4.78 is 0. The van der Waals surface area contributed by atoms with Crippen LogP contribution >= 0.6 is 0 Å². The molecule has 9 nitrogen and oxygen atoms in total. The molecule has 0 fully saturated rings. The van der Waals surface area contributed by atoms with Crippen molar-refractivity contribution in [2.24, 2.45) is 17.4 Å². The number of nitrogens with one attached hydrogen (secondary N) is 2. The summed E-state index contributed by atoms with van der Waals surface area (Å²) in [6.45, 7) is 5.96. The Morgan fingerprint density at radius 2 is 1.81 bits per heavy atom. The number of amides is 2. The zero-order valence-corrected chi connectivity index (χ0v) is 18.3. The highest BCUT2D eigenvalue weighted by molar-refractivity contribution is 5.97. The van der Waals surface area contributed by atoms with Crippen molar-refractivity contribution in [3.8, 4) is 11.3 Å². The summed E-state index contributed by atoms with van der Waals surface area (Å²) >= 11 is 0. The Balaban J connectivity index is 1.95. The Kier molecular flexibility index (Phi) is 6.99. The molecule has 3 heterocycles. The molecule has 1 atom stereocenters. The second-order valence-electron chi connectivity index (χ2n) is 7.99. The van der Waals surface area contributed by atoms with Gasteiger partial charge in [0.15, 0.2) is 5.69 Å². The molecule has 1 unspecified atom stereocenters. The third kappa shape index (κ3) is 5.78. The fourth-order valence-corrected chi connectivity index (χ4v) is 3.29. The molecule has 0 radical (unpaired) electrons. The minimum Gasteiger partial charge on any atom is -0.372 e. The van der Waals surface area contributed by atoms with Crippen molar-refractivity contribution in [3.63, 3.8) is 0 Å². The predicted octanol–water partition coefficient (Wildman–Crippen LogP) is 3.00. The van der Waals surface area contributed by atoms with Gasteiger partial charge >= 0.3 is 0 Å². The number of primary amides is 2. The molecule has 32 heavy (non-hydrogen) atoms. The van der Waals surface area contributed by atoms with Gasteiger partial charge in [0, 0.05) is 18.0 Å². The first-order valence-corrected chi connectivity index (χ1v) is 10.2. The number of pyridine rings is 3. The number of aromatic nitrogens is 3. The molecule has 0 aromatic carbocycles. The molecule has 166 valence electrons. The minimum absolute atomic E-state index is 0.0591. The van der Waals surface area contributed by atoms with Crippen molar-refractivity contribution < 1.29 is 9.59 Å². The van der Waals surface area contributed by atoms with Crippen LogP contribution in [-0.2, 0) is 4.79 Å². The Hall–Kier alpha value is -4.01. The maximum atomic E-state index is 12.0. The third-order valence-electron chi connectivity index (χ3n) is 4.72. The van der Waals surface area contributed by atoms with Crippen molar-refractivity contribution in [2.45, 2.75) is 33.2 Å². The van der Waals surface area contributed by atoms with Gasteiger partial charge in [-0.2, -0.15) is 0 Å². The number of carbonyl (C=O) groups excluding carboxylic acids is 2. The van der Waals surface area contributed by atoms with E-state index in [1.165, 1.54) is 6.20 Å². The predicted molar refractivity (Wildman–Crippen MR) is 124 cm³/mol. The third-order valence-corrected chi connectivity index (χ3v) is 4.72. The number of hydrogen-bond donors (Lipinski definition) is 4. The summed E-state index contributed by atoms with van der Waals surface area (Å²) in [7, 11) is 0. The van der Waals surface area contributed by atoms with Crippen molar-refractivity contribution in [3.05, 3.63) is 60.2 Å². The van der Waals surface area contributed by atoms with E-state index in [-0.39, 0.29) is 11.6 Å². The van der Waals surface area contributed by atoms with E-state index < -0.39 is 17.9 Å². The molecule has 2 amide bonds. The average molecular weight is 434 g/mol. The van der Waals surface area contributed by atoms with Crippen molar-refractivity contribution in [1.82, 2.24) is 15.0 Å². The maximum Gasteiger partial charge on any atom is 0.269 e. The van der Waals surface area contributed by atoms with Gasteiger partial charge < -0.3 is 22.1 Å². The number of hydrogen-bond acceptors (Lipinski definition) is 7. The van der Waals surface area contributed by atoms with Crippen LogP contribution in [0, 0.1) is 12.8 Å². The Labute approximate surface area is 186 Å². The highest BCUT2D eigenvalue weighted by atomic mass is 16.1. The molecular weight excluding hydrogens is 406 g/mol. The van der Waals surface area contributed by atoms with Gasteiger partial charge in [0.25, 0.3) is 5.91 Å². The van der Waals surface area contributed by atoms with E-state index in [0.717, 1.165) is 16.8 Å². The number of nitrogens with two attached hydrogens (primary N) is 2. The monoisotopic (exact) mass is 433 g/mol. The van der Waals surface area contributed by atoms with Gasteiger partial charge in [0.2, 0.25) is 5.91 Å². The van der Waals surface area contributed by atoms with Crippen LogP contribution in [0.5, 0.6) is 0 Å². The van der Waals surface area contributed by atoms with Crippen LogP contribution < -0.4 is 22.1 Å². The van der Waals surface area contributed by atoms with Crippen LogP contribution in [0.25, 0.3) is 11.3 Å². The largest absolute Gasteiger partial charge is 0.372 e. The fraction of sp³-hybridized carbons (Fsp3) is 0.261. The first-order chi connectivity index (χ1) is 15.2. The number of carbonyl (C=O) groups is 2. The topological polar surface area (TPSA) is 149 Å². The van der Waals surface area contributed by atoms with Gasteiger partial charge in [0.1, 0.15) is 11.9 Å². The standard InChI is InChI=1S/C23H27N7O2/c1-13(2)8-19(22(24)31)28-16-11-18(21(23(25)32)27-12-16)30-20-10-14(3)9-17(29-20)15-4-6-26-7-5-15/h4-7,9-13,19,28H,8H2,1-3H3,(H2,24,31)(H2,25,32)(H,29,30). The van der Waals surface area contributed by atoms with E-state index in [4.69, 9.17) is 11.5 Å². The highest BCUT2D eigenvalue weighted by Gasteiger charge is 2.19. The summed E-state index contributed by atoms with van der Waals surface area (Å²) in [6, 6.07) is 8.63. The van der Waals surface area contributed by atoms with Crippen LogP contribution in [-0.4, -0.2) is 32.8 Å². The molecule has 0 saturated heterocycles. The molecule has 3 aromatic rings. The number of nitrogens with zero attached hydrogens (tertiary/aromatic N) is 3. The zero-order valence-electron chi connectivity index (χ0n) is 18.3. The molecular formula is C23H27N7O2. The second-order valence-corrected chi connectivity index (χ2v) is 7.99. The molecule has 3 rings (SSSR count). The van der Waals surface area contributed by atoms with E-state index in [1.54, 1.807) is 18.5 Å². The molecule has 0 aliphatic carbocycles. The lowest BCUT2D eigenvalue weighted by molar-refractivity contribution is -0.119. The van der Waals surface area contributed by atoms with Crippen LogP contribution in [0.2, 0.25) is 0 Å². The Morgan fingerprint density at radius 1 is 1.09 bits per heavy atom. The number of anilines is 3. The lowest BCUT2D eigenvalue weighted by Gasteiger charge is -2.19. The van der Waals surface area contributed by atoms with Crippen LogP contribution in [0.15, 0.2) is 48.9 Å². The molecule has 0 spiro atoms. The average Bonchev–Trinajstić information content (AvgIpc) is 2.73. The van der Waals surface area contributed by atoms with Crippen molar-refractivity contribution in [2.75, 3.05) is 10.6 Å². The van der Waals surface area contributed by atoms with Crippen LogP contribution in [0.3, 0.4) is 0 Å². The quantitative estimate of drug-likeness (QED) is 0.405. The lowest BCUT2D eigenvalue weighted by Crippen LogP contribution is -2.36. The first-order valence-electron chi connectivity index (χ1n) is 10.2. The van der Waals surface area contributed by atoms with Crippen molar-refractivity contribution in [1.29, 1.82) is 0 Å². The number of rotatable bonds is 9. The van der Waals surface area contributed by atoms with E-state index in [0.29, 0.717) is 23.6 Å². The van der Waals surface area contributed by atoms with E-state index >= 15 is 0 Å². The van der Waals surface area contributed by atoms with E-state index in [9.17, 15) is 9.59 Å². The van der Waals surface area contributed by atoms with Gasteiger partial charge in [-0.1, -0.05) is 13.8 Å². The van der Waals surface area contributed by atoms with Crippen LogP contribution in [0.1, 0.15) is 36.3 Å². The van der Waals surface area contributed by atoms with E-state index in [1.807, 2.05) is 45.0 Å². The molecule has 0 bridgehead atoms. The van der Waals surface area contributed by atoms with E-state index in [2.05, 4.69) is 25.6 Å². The lowest BCUT2D eigenvalue weighted by atomic mass is 10.0. The molecule has 0 aliphatic heterocycles. The normalized spacial score (nSPS) is 11.8. The molecule has 9 heteroatoms. The number of aryl methyl sites for hydroxylation is 1. The van der Waals surface area contributed by atoms with Crippen molar-refractivity contribution >= 4 is 29.0 Å². The summed E-state index contributed by atoms with van der Waals surface area (Å²) in [5.74, 6) is -0.366. The van der Waals surface area contributed by atoms with Gasteiger partial charge in [-0.3, -0.25) is 14.6 Å². The zero-order chi connectivity index (χ0) is 23.3. The molecule has 3 aromatic heterocycles. The molecule has 0 saturated carbocycles. The van der Waals surface area contributed by atoms with Gasteiger partial charge in [-0.15, -0.1) is 0 Å². The highest BCUT2D eigenvalue weighted by Crippen LogP contribution is 2.26. The molecule has 0 aliphatic rings. The minimum atomic E-state index is -0.685. The summed E-state index contributed by atoms with van der Waals surface area (Å²) in [6.07, 6.45) is 5.41. The van der Waals surface area contributed by atoms with Gasteiger partial charge in [-0.05, 0) is 55.2 Å². The summed E-state index contributed by atoms with van der Waals surface area (Å²) in [4.78, 5) is 36.6. The summed E-state index contributed by atoms with van der Waals surface area (Å²) in [5.41, 5.74) is 14.7. The Bertz CT molecular complexity index is 1120. The smallest absolute Gasteiger partial charge is 0.269 e. The van der Waals surface area contributed by atoms with Gasteiger partial charge in [-0.25, -0.2) is 9.97 Å².